The maximum absolute atomic E-state index is 10.8. The van der Waals surface area contributed by atoms with E-state index in [-0.39, 0.29) is 19.0 Å². The van der Waals surface area contributed by atoms with Crippen molar-refractivity contribution in [2.24, 2.45) is 16.5 Å². The van der Waals surface area contributed by atoms with Crippen molar-refractivity contribution in [3.8, 4) is 0 Å². The number of aliphatic carboxylic acids is 2. The molecule has 2 aliphatic heterocycles. The number of carboxylic acids is 2. The van der Waals surface area contributed by atoms with Gasteiger partial charge in [0.25, 0.3) is 11.8 Å². The first-order chi connectivity index (χ1) is 14.2. The SMILES string of the molecule is N[C@@H](CCCC[N+]1=C2NC(NCCC[C@H](N)C(=O)O)=N[C@H]2C[C@H](O)[C@H](O)C1)C(=O)O. The van der Waals surface area contributed by atoms with Crippen LogP contribution in [0.3, 0.4) is 0 Å². The second-order valence-corrected chi connectivity index (χ2v) is 7.77. The van der Waals surface area contributed by atoms with Crippen molar-refractivity contribution in [1.29, 1.82) is 0 Å². The van der Waals surface area contributed by atoms with Crippen molar-refractivity contribution in [2.45, 2.75) is 68.9 Å². The standard InChI is InChI=1S/C18H32N6O6/c19-10(16(27)28)4-1-2-7-24-9-14(26)13(25)8-12-15(24)23-18(22-12)21-6-3-5-11(20)17(29)30/h10-14,25-26H,1-9,19-20H2,(H3,21,22,27,28,29,30)/p+1/t10-,11-,12-,13-,14+/m0/s1. The van der Waals surface area contributed by atoms with Crippen molar-refractivity contribution in [3.05, 3.63) is 0 Å². The van der Waals surface area contributed by atoms with Gasteiger partial charge in [0.05, 0.1) is 12.6 Å². The summed E-state index contributed by atoms with van der Waals surface area (Å²) in [6, 6.07) is -2.12. The first-order valence-electron chi connectivity index (χ1n) is 10.2. The lowest BCUT2D eigenvalue weighted by Crippen LogP contribution is -2.43. The van der Waals surface area contributed by atoms with E-state index in [9.17, 15) is 19.8 Å². The highest BCUT2D eigenvalue weighted by molar-refractivity contribution is 6.05. The molecule has 0 aliphatic carbocycles. The normalized spacial score (nSPS) is 25.6. The number of aliphatic hydroxyl groups is 2. The minimum absolute atomic E-state index is 0.237. The molecular weight excluding hydrogens is 396 g/mol. The lowest BCUT2D eigenvalue weighted by molar-refractivity contribution is -0.539. The Balaban J connectivity index is 1.91. The van der Waals surface area contributed by atoms with Crippen LogP contribution in [0.1, 0.15) is 38.5 Å². The third kappa shape index (κ3) is 6.90. The maximum atomic E-state index is 10.8. The number of aliphatic imine (C=N–C) groups is 1. The molecule has 0 fully saturated rings. The molecule has 0 radical (unpaired) electrons. The third-order valence-electron chi connectivity index (χ3n) is 5.32. The van der Waals surface area contributed by atoms with E-state index < -0.39 is 36.2 Å². The zero-order chi connectivity index (χ0) is 22.3. The van der Waals surface area contributed by atoms with Crippen LogP contribution in [-0.4, -0.2) is 98.7 Å². The number of carboxylic acid groups (broad SMARTS) is 2. The van der Waals surface area contributed by atoms with Crippen LogP contribution in [-0.2, 0) is 9.59 Å². The van der Waals surface area contributed by atoms with Crippen LogP contribution < -0.4 is 22.1 Å². The molecule has 170 valence electrons. The Labute approximate surface area is 174 Å². The Kier molecular flexibility index (Phi) is 8.96. The number of carbonyl (C=O) groups is 2. The highest BCUT2D eigenvalue weighted by Crippen LogP contribution is 2.16. The molecule has 2 rings (SSSR count). The average Bonchev–Trinajstić information content (AvgIpc) is 3.04. The van der Waals surface area contributed by atoms with E-state index in [4.69, 9.17) is 21.7 Å². The van der Waals surface area contributed by atoms with Crippen molar-refractivity contribution in [2.75, 3.05) is 19.6 Å². The van der Waals surface area contributed by atoms with Gasteiger partial charge in [-0.1, -0.05) is 0 Å². The van der Waals surface area contributed by atoms with Gasteiger partial charge in [-0.2, -0.15) is 0 Å². The van der Waals surface area contributed by atoms with Crippen LogP contribution in [0.15, 0.2) is 4.99 Å². The summed E-state index contributed by atoms with van der Waals surface area (Å²) >= 11 is 0. The van der Waals surface area contributed by atoms with Gasteiger partial charge in [0.2, 0.25) is 0 Å². The van der Waals surface area contributed by atoms with Gasteiger partial charge in [0.1, 0.15) is 24.7 Å². The number of nitrogens with zero attached hydrogens (tertiary/aromatic N) is 2. The number of hydrogen-bond donors (Lipinski definition) is 8. The number of amidine groups is 1. The molecule has 0 saturated carbocycles. The Bertz CT molecular complexity index is 684. The van der Waals surface area contributed by atoms with Gasteiger partial charge < -0.3 is 37.2 Å². The van der Waals surface area contributed by atoms with E-state index >= 15 is 0 Å². The molecule has 2 heterocycles. The number of aliphatic hydroxyl groups excluding tert-OH is 2. The predicted octanol–water partition coefficient (Wildman–Crippen LogP) is -2.79. The fourth-order valence-electron chi connectivity index (χ4n) is 3.48. The molecule has 10 N–H and O–H groups in total. The highest BCUT2D eigenvalue weighted by atomic mass is 16.4. The summed E-state index contributed by atoms with van der Waals surface area (Å²) in [6.45, 7) is 1.29. The molecule has 0 aromatic heterocycles. The van der Waals surface area contributed by atoms with E-state index in [0.29, 0.717) is 51.2 Å². The first kappa shape index (κ1) is 24.0. The Morgan fingerprint density at radius 1 is 1.10 bits per heavy atom. The topological polar surface area (TPSA) is 207 Å². The van der Waals surface area contributed by atoms with Crippen LogP contribution in [0.5, 0.6) is 0 Å². The summed E-state index contributed by atoms with van der Waals surface area (Å²) in [7, 11) is 0. The minimum Gasteiger partial charge on any atom is -0.480 e. The van der Waals surface area contributed by atoms with Crippen LogP contribution in [0, 0.1) is 0 Å². The number of fused-ring (bicyclic) bond motifs is 1. The second kappa shape index (κ2) is 11.2. The molecule has 12 heteroatoms. The van der Waals surface area contributed by atoms with Gasteiger partial charge in [-0.25, -0.2) is 10.3 Å². The van der Waals surface area contributed by atoms with Gasteiger partial charge >= 0.3 is 11.9 Å². The van der Waals surface area contributed by atoms with E-state index in [1.807, 2.05) is 4.58 Å². The molecule has 0 bridgehead atoms. The van der Waals surface area contributed by atoms with Crippen molar-refractivity contribution in [1.82, 2.24) is 10.6 Å². The Hall–Kier alpha value is -2.28. The molecule has 30 heavy (non-hydrogen) atoms. The van der Waals surface area contributed by atoms with E-state index in [1.165, 1.54) is 0 Å². The van der Waals surface area contributed by atoms with E-state index in [0.717, 1.165) is 5.84 Å². The number of unbranched alkanes of at least 4 members (excludes halogenated alkanes) is 1. The smallest absolute Gasteiger partial charge is 0.320 e. The monoisotopic (exact) mass is 429 g/mol. The van der Waals surface area contributed by atoms with Crippen LogP contribution in [0.25, 0.3) is 0 Å². The van der Waals surface area contributed by atoms with Crippen molar-refractivity contribution < 1.29 is 34.6 Å². The molecule has 0 aromatic carbocycles. The minimum atomic E-state index is -1.03. The lowest BCUT2D eigenvalue weighted by atomic mass is 10.1. The van der Waals surface area contributed by atoms with Gasteiger partial charge in [-0.3, -0.25) is 14.2 Å². The molecule has 0 amide bonds. The summed E-state index contributed by atoms with van der Waals surface area (Å²) in [6.07, 6.45) is 1.02. The quantitative estimate of drug-likeness (QED) is 0.125. The molecule has 0 saturated heterocycles. The summed E-state index contributed by atoms with van der Waals surface area (Å²) < 4.78 is 1.93. The second-order valence-electron chi connectivity index (χ2n) is 7.77. The van der Waals surface area contributed by atoms with Crippen molar-refractivity contribution >= 4 is 23.7 Å². The Morgan fingerprint density at radius 2 is 1.73 bits per heavy atom. The molecule has 2 aliphatic rings. The van der Waals surface area contributed by atoms with E-state index in [1.54, 1.807) is 0 Å². The fraction of sp³-hybridized carbons (Fsp3) is 0.778. The number of guanidine groups is 1. The molecule has 0 spiro atoms. The molecule has 0 unspecified atom stereocenters. The first-order valence-corrected chi connectivity index (χ1v) is 10.2. The van der Waals surface area contributed by atoms with Crippen LogP contribution in [0.2, 0.25) is 0 Å². The zero-order valence-corrected chi connectivity index (χ0v) is 16.9. The number of nitrogens with one attached hydrogen (secondary N) is 2. The largest absolute Gasteiger partial charge is 0.480 e. The van der Waals surface area contributed by atoms with Crippen LogP contribution in [0.4, 0.5) is 0 Å². The maximum Gasteiger partial charge on any atom is 0.320 e. The Morgan fingerprint density at radius 3 is 2.37 bits per heavy atom. The number of rotatable bonds is 11. The molecule has 5 atom stereocenters. The van der Waals surface area contributed by atoms with Gasteiger partial charge in [-0.15, -0.1) is 0 Å². The van der Waals surface area contributed by atoms with Crippen molar-refractivity contribution in [3.63, 3.8) is 0 Å². The summed E-state index contributed by atoms with van der Waals surface area (Å²) in [5.41, 5.74) is 11.0. The summed E-state index contributed by atoms with van der Waals surface area (Å²) in [5.74, 6) is -0.751. The van der Waals surface area contributed by atoms with E-state index in [2.05, 4.69) is 15.6 Å². The summed E-state index contributed by atoms with van der Waals surface area (Å²) in [5, 5.41) is 44.3. The number of hydrogen-bond acceptors (Lipinski definition) is 9. The lowest BCUT2D eigenvalue weighted by Gasteiger charge is -2.15. The zero-order valence-electron chi connectivity index (χ0n) is 16.9. The number of nitrogens with two attached hydrogens (primary N) is 2. The highest BCUT2D eigenvalue weighted by Gasteiger charge is 2.40. The average molecular weight is 429 g/mol. The molecule has 0 aromatic rings. The third-order valence-corrected chi connectivity index (χ3v) is 5.32. The molecule has 12 nitrogen and oxygen atoms in total. The predicted molar refractivity (Wildman–Crippen MR) is 108 cm³/mol. The fourth-order valence-corrected chi connectivity index (χ4v) is 3.48. The number of β-amino-alcohol motifs (C(OH)–C–C–N with tert-alkyl or cyclic N) is 1. The van der Waals surface area contributed by atoms with Gasteiger partial charge in [0.15, 0.2) is 6.04 Å². The van der Waals surface area contributed by atoms with Gasteiger partial charge in [0, 0.05) is 13.0 Å². The molecular formula is C18H33N6O6+. The van der Waals surface area contributed by atoms with Gasteiger partial charge in [-0.05, 0) is 32.1 Å². The van der Waals surface area contributed by atoms with Crippen LogP contribution >= 0.6 is 0 Å². The summed E-state index contributed by atoms with van der Waals surface area (Å²) in [4.78, 5) is 26.1.